The van der Waals surface area contributed by atoms with Crippen LogP contribution in [0.15, 0.2) is 29.2 Å². The van der Waals surface area contributed by atoms with E-state index in [0.29, 0.717) is 12.5 Å². The highest BCUT2D eigenvalue weighted by atomic mass is 32.2. The molecule has 1 fully saturated rings. The molecule has 0 aromatic heterocycles. The van der Waals surface area contributed by atoms with Crippen molar-refractivity contribution in [2.45, 2.75) is 23.5 Å². The fourth-order valence-electron chi connectivity index (χ4n) is 2.16. The number of thioether (sulfide) groups is 1. The third kappa shape index (κ3) is 3.63. The first-order valence-corrected chi connectivity index (χ1v) is 9.14. The molecule has 2 rings (SSSR count). The minimum absolute atomic E-state index is 0.269. The van der Waals surface area contributed by atoms with Gasteiger partial charge in [0.25, 0.3) is 0 Å². The van der Waals surface area contributed by atoms with Crippen molar-refractivity contribution in [1.29, 1.82) is 0 Å². The summed E-state index contributed by atoms with van der Waals surface area (Å²) in [6.07, 6.45) is 2.14. The van der Waals surface area contributed by atoms with E-state index in [-0.39, 0.29) is 10.6 Å². The zero-order valence-electron chi connectivity index (χ0n) is 10.9. The average Bonchev–Trinajstić information content (AvgIpc) is 2.46. The van der Waals surface area contributed by atoms with Gasteiger partial charge in [0.2, 0.25) is 9.84 Å². The monoisotopic (exact) mass is 321 g/mol. The molecule has 1 aromatic rings. The average molecular weight is 321 g/mol. The summed E-state index contributed by atoms with van der Waals surface area (Å²) in [5.74, 6) is -0.720. The number of nitrogens with one attached hydrogen (secondary N) is 1. The van der Waals surface area contributed by atoms with Crippen molar-refractivity contribution in [3.63, 3.8) is 0 Å². The van der Waals surface area contributed by atoms with Gasteiger partial charge < -0.3 is 5.32 Å². The molecule has 0 radical (unpaired) electrons. The summed E-state index contributed by atoms with van der Waals surface area (Å²) in [4.78, 5) is -0.319. The van der Waals surface area contributed by atoms with Crippen molar-refractivity contribution >= 4 is 27.3 Å². The van der Waals surface area contributed by atoms with Crippen LogP contribution in [0.2, 0.25) is 0 Å². The molecule has 0 atom stereocenters. The standard InChI is InChI=1S/C13H17F2NO2S2/c14-13(15)20(17,18)12-4-2-1-3-11(12)16-9-10-5-7-19-8-6-10/h1-4,10,13,16H,5-9H2. The number of hydrogen-bond donors (Lipinski definition) is 1. The Bertz CT molecular complexity index is 543. The van der Waals surface area contributed by atoms with Crippen molar-refractivity contribution < 1.29 is 17.2 Å². The Hall–Kier alpha value is -0.820. The van der Waals surface area contributed by atoms with Gasteiger partial charge in [0.1, 0.15) is 0 Å². The summed E-state index contributed by atoms with van der Waals surface area (Å²) in [5.41, 5.74) is 0.269. The molecule has 0 aliphatic carbocycles. The Labute approximate surface area is 122 Å². The summed E-state index contributed by atoms with van der Waals surface area (Å²) in [6.45, 7) is 0.621. The van der Waals surface area contributed by atoms with Crippen molar-refractivity contribution in [2.24, 2.45) is 5.92 Å². The second-order valence-corrected chi connectivity index (χ2v) is 7.85. The van der Waals surface area contributed by atoms with Gasteiger partial charge in [-0.15, -0.1) is 0 Å². The Morgan fingerprint density at radius 3 is 2.55 bits per heavy atom. The van der Waals surface area contributed by atoms with Crippen LogP contribution in [0.4, 0.5) is 14.5 Å². The van der Waals surface area contributed by atoms with Crippen LogP contribution in [0.25, 0.3) is 0 Å². The predicted molar refractivity (Wildman–Crippen MR) is 78.2 cm³/mol. The van der Waals surface area contributed by atoms with E-state index in [4.69, 9.17) is 0 Å². The molecule has 0 spiro atoms. The molecular formula is C13H17F2NO2S2. The molecule has 0 bridgehead atoms. The van der Waals surface area contributed by atoms with Gasteiger partial charge in [0.05, 0.1) is 10.6 Å². The van der Waals surface area contributed by atoms with Crippen LogP contribution < -0.4 is 5.32 Å². The number of sulfone groups is 1. The summed E-state index contributed by atoms with van der Waals surface area (Å²) in [6, 6.07) is 5.86. The van der Waals surface area contributed by atoms with Crippen molar-refractivity contribution in [2.75, 3.05) is 23.4 Å². The molecule has 1 heterocycles. The number of alkyl halides is 2. The zero-order chi connectivity index (χ0) is 14.6. The van der Waals surface area contributed by atoms with Gasteiger partial charge in [-0.3, -0.25) is 0 Å². The second kappa shape index (κ2) is 6.76. The van der Waals surface area contributed by atoms with Gasteiger partial charge in [-0.25, -0.2) is 8.42 Å². The summed E-state index contributed by atoms with van der Waals surface area (Å²) < 4.78 is 48.5. The van der Waals surface area contributed by atoms with E-state index in [1.165, 1.54) is 18.2 Å². The highest BCUT2D eigenvalue weighted by molar-refractivity contribution is 7.99. The van der Waals surface area contributed by atoms with Crippen LogP contribution >= 0.6 is 11.8 Å². The van der Waals surface area contributed by atoms with Crippen LogP contribution in [-0.2, 0) is 9.84 Å². The number of hydrogen-bond acceptors (Lipinski definition) is 4. The maximum Gasteiger partial charge on any atom is 0.341 e. The van der Waals surface area contributed by atoms with E-state index in [9.17, 15) is 17.2 Å². The van der Waals surface area contributed by atoms with Crippen LogP contribution in [0, 0.1) is 5.92 Å². The number of para-hydroxylation sites is 1. The summed E-state index contributed by atoms with van der Waals surface area (Å²) in [5, 5.41) is 3.02. The molecule has 0 amide bonds. The lowest BCUT2D eigenvalue weighted by molar-refractivity contribution is 0.235. The lowest BCUT2D eigenvalue weighted by Gasteiger charge is -2.22. The third-order valence-electron chi connectivity index (χ3n) is 3.35. The molecule has 7 heteroatoms. The molecule has 1 aliphatic rings. The van der Waals surface area contributed by atoms with E-state index >= 15 is 0 Å². The van der Waals surface area contributed by atoms with Crippen molar-refractivity contribution in [3.05, 3.63) is 24.3 Å². The fraction of sp³-hybridized carbons (Fsp3) is 0.538. The Kier molecular flexibility index (Phi) is 5.26. The van der Waals surface area contributed by atoms with Gasteiger partial charge in [-0.2, -0.15) is 20.5 Å². The van der Waals surface area contributed by atoms with Gasteiger partial charge >= 0.3 is 5.76 Å². The van der Waals surface area contributed by atoms with Crippen LogP contribution in [0.3, 0.4) is 0 Å². The maximum atomic E-state index is 12.7. The summed E-state index contributed by atoms with van der Waals surface area (Å²) in [7, 11) is -4.56. The predicted octanol–water partition coefficient (Wildman–Crippen LogP) is 3.24. The molecule has 1 aliphatic heterocycles. The van der Waals surface area contributed by atoms with Crippen LogP contribution in [0.1, 0.15) is 12.8 Å². The molecule has 0 saturated carbocycles. The third-order valence-corrected chi connectivity index (χ3v) is 5.84. The molecule has 1 aromatic carbocycles. The number of halogens is 2. The normalized spacial score (nSPS) is 17.4. The quantitative estimate of drug-likeness (QED) is 0.904. The Morgan fingerprint density at radius 1 is 1.25 bits per heavy atom. The maximum absolute atomic E-state index is 12.7. The lowest BCUT2D eigenvalue weighted by Crippen LogP contribution is -2.21. The van der Waals surface area contributed by atoms with Gasteiger partial charge in [-0.1, -0.05) is 12.1 Å². The van der Waals surface area contributed by atoms with E-state index < -0.39 is 15.6 Å². The Morgan fingerprint density at radius 2 is 1.90 bits per heavy atom. The largest absolute Gasteiger partial charge is 0.384 e. The molecule has 1 saturated heterocycles. The summed E-state index contributed by atoms with van der Waals surface area (Å²) >= 11 is 1.91. The minimum atomic E-state index is -4.56. The minimum Gasteiger partial charge on any atom is -0.384 e. The first-order chi connectivity index (χ1) is 9.51. The molecule has 112 valence electrons. The zero-order valence-corrected chi connectivity index (χ0v) is 12.5. The number of benzene rings is 1. The first kappa shape index (κ1) is 15.6. The molecule has 20 heavy (non-hydrogen) atoms. The van der Waals surface area contributed by atoms with E-state index in [0.717, 1.165) is 24.3 Å². The van der Waals surface area contributed by atoms with E-state index in [2.05, 4.69) is 5.32 Å². The smallest absolute Gasteiger partial charge is 0.341 e. The second-order valence-electron chi connectivity index (χ2n) is 4.74. The number of anilines is 1. The SMILES string of the molecule is O=S(=O)(c1ccccc1NCC1CCSCC1)C(F)F. The van der Waals surface area contributed by atoms with Gasteiger partial charge in [0.15, 0.2) is 0 Å². The molecule has 3 nitrogen and oxygen atoms in total. The molecule has 0 unspecified atom stereocenters. The topological polar surface area (TPSA) is 46.2 Å². The number of rotatable bonds is 5. The van der Waals surface area contributed by atoms with E-state index in [1.807, 2.05) is 11.8 Å². The lowest BCUT2D eigenvalue weighted by atomic mass is 10.0. The van der Waals surface area contributed by atoms with Gasteiger partial charge in [-0.05, 0) is 42.4 Å². The molecule has 1 N–H and O–H groups in total. The first-order valence-electron chi connectivity index (χ1n) is 6.44. The molecular weight excluding hydrogens is 304 g/mol. The van der Waals surface area contributed by atoms with Crippen molar-refractivity contribution in [1.82, 2.24) is 0 Å². The fourth-order valence-corrected chi connectivity index (χ4v) is 4.27. The van der Waals surface area contributed by atoms with Gasteiger partial charge in [0, 0.05) is 6.54 Å². The van der Waals surface area contributed by atoms with E-state index in [1.54, 1.807) is 6.07 Å². The highest BCUT2D eigenvalue weighted by Gasteiger charge is 2.29. The van der Waals surface area contributed by atoms with Crippen molar-refractivity contribution in [3.8, 4) is 0 Å². The van der Waals surface area contributed by atoms with Crippen LogP contribution in [-0.4, -0.2) is 32.2 Å². The highest BCUT2D eigenvalue weighted by Crippen LogP contribution is 2.28. The van der Waals surface area contributed by atoms with Crippen LogP contribution in [0.5, 0.6) is 0 Å². The Balaban J connectivity index is 2.12.